The third-order valence-electron chi connectivity index (χ3n) is 7.33. The molecule has 1 aliphatic heterocycles. The van der Waals surface area contributed by atoms with Crippen molar-refractivity contribution in [2.75, 3.05) is 40.6 Å². The second-order valence-electron chi connectivity index (χ2n) is 11.0. The van der Waals surface area contributed by atoms with E-state index in [9.17, 15) is 23.2 Å². The first-order valence-corrected chi connectivity index (χ1v) is 14.3. The van der Waals surface area contributed by atoms with Crippen LogP contribution in [0.15, 0.2) is 22.6 Å². The molecule has 15 heteroatoms. The summed E-state index contributed by atoms with van der Waals surface area (Å²) in [5, 5.41) is 2.62. The van der Waals surface area contributed by atoms with Gasteiger partial charge in [0.2, 0.25) is 5.89 Å². The molecule has 44 heavy (non-hydrogen) atoms. The highest BCUT2D eigenvalue weighted by molar-refractivity contribution is 5.97. The van der Waals surface area contributed by atoms with Crippen LogP contribution in [-0.2, 0) is 19.0 Å². The molecule has 13 nitrogen and oxygen atoms in total. The normalized spacial score (nSPS) is 18.8. The summed E-state index contributed by atoms with van der Waals surface area (Å²) in [6.45, 7) is 1.03. The number of amides is 2. The van der Waals surface area contributed by atoms with Gasteiger partial charge in [-0.1, -0.05) is 13.8 Å². The molecular formula is C29H38F2N4O9. The SMILES string of the molecule is COCCOC(=O)[C@@H]1C[C@@H](NC(=O)OC)CN1C(=O)c1nc(-c2ccc(OC(F)F)c(OCC3CC3)c2)oc1[C@@H](N)C(C)C. The molecule has 2 heterocycles. The molecule has 1 saturated carbocycles. The Morgan fingerprint density at radius 3 is 2.55 bits per heavy atom. The summed E-state index contributed by atoms with van der Waals surface area (Å²) in [6, 6.07) is 1.78. The number of rotatable bonds is 14. The first-order chi connectivity index (χ1) is 21.0. The van der Waals surface area contributed by atoms with Gasteiger partial charge in [0, 0.05) is 25.6 Å². The molecule has 2 fully saturated rings. The van der Waals surface area contributed by atoms with Crippen LogP contribution in [-0.4, -0.2) is 87.1 Å². The van der Waals surface area contributed by atoms with Gasteiger partial charge < -0.3 is 44.1 Å². The molecule has 0 spiro atoms. The number of nitrogens with one attached hydrogen (secondary N) is 1. The number of nitrogens with two attached hydrogens (primary N) is 1. The molecule has 0 radical (unpaired) electrons. The maximum absolute atomic E-state index is 14.1. The minimum atomic E-state index is -3.06. The number of aromatic nitrogens is 1. The lowest BCUT2D eigenvalue weighted by molar-refractivity contribution is -0.149. The summed E-state index contributed by atoms with van der Waals surface area (Å²) in [7, 11) is 2.66. The maximum Gasteiger partial charge on any atom is 0.407 e. The van der Waals surface area contributed by atoms with Crippen molar-refractivity contribution in [1.29, 1.82) is 0 Å². The first kappa shape index (κ1) is 32.9. The van der Waals surface area contributed by atoms with Gasteiger partial charge in [-0.25, -0.2) is 14.6 Å². The van der Waals surface area contributed by atoms with E-state index in [1.165, 1.54) is 37.3 Å². The third-order valence-corrected chi connectivity index (χ3v) is 7.33. The summed E-state index contributed by atoms with van der Waals surface area (Å²) in [6.07, 6.45) is 1.32. The van der Waals surface area contributed by atoms with Crippen molar-refractivity contribution in [3.63, 3.8) is 0 Å². The summed E-state index contributed by atoms with van der Waals surface area (Å²) in [5.74, 6) is -1.21. The summed E-state index contributed by atoms with van der Waals surface area (Å²) in [5.41, 5.74) is 6.63. The summed E-state index contributed by atoms with van der Waals surface area (Å²) in [4.78, 5) is 44.7. The molecule has 1 aromatic carbocycles. The Balaban J connectivity index is 1.68. The third kappa shape index (κ3) is 8.14. The van der Waals surface area contributed by atoms with Gasteiger partial charge in [-0.3, -0.25) is 4.79 Å². The number of carbonyl (C=O) groups excluding carboxylic acids is 3. The van der Waals surface area contributed by atoms with Gasteiger partial charge in [-0.15, -0.1) is 0 Å². The molecule has 242 valence electrons. The highest BCUT2D eigenvalue weighted by Crippen LogP contribution is 2.38. The number of carbonyl (C=O) groups is 3. The van der Waals surface area contributed by atoms with Crippen LogP contribution in [0.1, 0.15) is 55.4 Å². The molecule has 1 aromatic heterocycles. The van der Waals surface area contributed by atoms with E-state index in [1.54, 1.807) is 0 Å². The van der Waals surface area contributed by atoms with Crippen molar-refractivity contribution >= 4 is 18.0 Å². The standard InChI is InChI=1S/C29H38F2N4O9/c1-15(2)22(32)24-23(26(36)35-13-18(33-29(38)40-4)12-19(35)27(37)41-10-9-39-3)34-25(44-24)17-7-8-20(43-28(30)31)21(11-17)42-14-16-5-6-16/h7-8,11,15-16,18-19,22,28H,5-6,9-10,12-14,32H2,1-4H3,(H,33,38)/t18-,19+,22+/m1/s1. The van der Waals surface area contributed by atoms with Gasteiger partial charge in [-0.2, -0.15) is 8.78 Å². The smallest absolute Gasteiger partial charge is 0.407 e. The number of methoxy groups -OCH3 is 2. The van der Waals surface area contributed by atoms with E-state index in [0.29, 0.717) is 18.1 Å². The zero-order chi connectivity index (χ0) is 32.0. The highest BCUT2D eigenvalue weighted by atomic mass is 19.3. The molecule has 4 rings (SSSR count). The first-order valence-electron chi connectivity index (χ1n) is 14.3. The number of esters is 1. The molecular weight excluding hydrogens is 586 g/mol. The molecule has 0 bridgehead atoms. The molecule has 2 aromatic rings. The highest BCUT2D eigenvalue weighted by Gasteiger charge is 2.44. The number of benzene rings is 1. The van der Waals surface area contributed by atoms with E-state index < -0.39 is 42.7 Å². The lowest BCUT2D eigenvalue weighted by Crippen LogP contribution is -2.43. The number of oxazole rings is 1. The van der Waals surface area contributed by atoms with E-state index in [4.69, 9.17) is 24.4 Å². The van der Waals surface area contributed by atoms with Crippen molar-refractivity contribution in [2.45, 2.75) is 57.8 Å². The van der Waals surface area contributed by atoms with Crippen LogP contribution in [0.3, 0.4) is 0 Å². The molecule has 1 saturated heterocycles. The largest absolute Gasteiger partial charge is 0.489 e. The second kappa shape index (κ2) is 14.7. The number of likely N-dealkylation sites (tertiary alicyclic amines) is 1. The van der Waals surface area contributed by atoms with Crippen molar-refractivity contribution in [3.8, 4) is 23.0 Å². The van der Waals surface area contributed by atoms with Crippen LogP contribution in [0, 0.1) is 11.8 Å². The Morgan fingerprint density at radius 2 is 1.91 bits per heavy atom. The van der Waals surface area contributed by atoms with Crippen LogP contribution in [0.5, 0.6) is 11.5 Å². The second-order valence-corrected chi connectivity index (χ2v) is 11.0. The van der Waals surface area contributed by atoms with Crippen LogP contribution in [0.2, 0.25) is 0 Å². The Morgan fingerprint density at radius 1 is 1.16 bits per heavy atom. The molecule has 0 unspecified atom stereocenters. The van der Waals surface area contributed by atoms with Crippen LogP contribution in [0.4, 0.5) is 13.6 Å². The average molecular weight is 625 g/mol. The fourth-order valence-corrected chi connectivity index (χ4v) is 4.65. The number of alkyl carbamates (subject to hydrolysis) is 1. The Hall–Kier alpha value is -3.98. The fraction of sp³-hybridized carbons (Fsp3) is 0.586. The van der Waals surface area contributed by atoms with Gasteiger partial charge in [0.25, 0.3) is 5.91 Å². The minimum absolute atomic E-state index is 0.0121. The van der Waals surface area contributed by atoms with Crippen molar-refractivity contribution in [3.05, 3.63) is 29.7 Å². The van der Waals surface area contributed by atoms with Gasteiger partial charge in [0.15, 0.2) is 23.0 Å². The van der Waals surface area contributed by atoms with Crippen LogP contribution >= 0.6 is 0 Å². The quantitative estimate of drug-likeness (QED) is 0.233. The van der Waals surface area contributed by atoms with Crippen molar-refractivity contribution in [2.24, 2.45) is 17.6 Å². The predicted octanol–water partition coefficient (Wildman–Crippen LogP) is 3.52. The summed E-state index contributed by atoms with van der Waals surface area (Å²) >= 11 is 0. The van der Waals surface area contributed by atoms with Gasteiger partial charge in [-0.05, 0) is 42.9 Å². The summed E-state index contributed by atoms with van der Waals surface area (Å²) < 4.78 is 57.5. The van der Waals surface area contributed by atoms with E-state index in [0.717, 1.165) is 12.8 Å². The molecule has 3 N–H and O–H groups in total. The molecule has 3 atom stereocenters. The van der Waals surface area contributed by atoms with E-state index in [-0.39, 0.29) is 60.9 Å². The Labute approximate surface area is 253 Å². The van der Waals surface area contributed by atoms with Crippen molar-refractivity contribution < 1.29 is 51.3 Å². The Kier molecular flexibility index (Phi) is 11.0. The van der Waals surface area contributed by atoms with Gasteiger partial charge in [0.05, 0.1) is 32.4 Å². The average Bonchev–Trinajstić information content (AvgIpc) is 3.56. The van der Waals surface area contributed by atoms with Crippen LogP contribution < -0.4 is 20.5 Å². The fourth-order valence-electron chi connectivity index (χ4n) is 4.65. The zero-order valence-corrected chi connectivity index (χ0v) is 25.0. The predicted molar refractivity (Wildman–Crippen MR) is 150 cm³/mol. The zero-order valence-electron chi connectivity index (χ0n) is 25.0. The van der Waals surface area contributed by atoms with Crippen molar-refractivity contribution in [1.82, 2.24) is 15.2 Å². The molecule has 2 amide bonds. The number of halogens is 2. The lowest BCUT2D eigenvalue weighted by Gasteiger charge is -2.23. The van der Waals surface area contributed by atoms with E-state index in [1.807, 2.05) is 13.8 Å². The van der Waals surface area contributed by atoms with E-state index >= 15 is 0 Å². The molecule has 2 aliphatic rings. The number of nitrogens with zero attached hydrogens (tertiary/aromatic N) is 2. The number of ether oxygens (including phenoxy) is 5. The van der Waals surface area contributed by atoms with Crippen LogP contribution in [0.25, 0.3) is 11.5 Å². The lowest BCUT2D eigenvalue weighted by atomic mass is 10.0. The Bertz CT molecular complexity index is 1320. The topological polar surface area (TPSA) is 165 Å². The van der Waals surface area contributed by atoms with Gasteiger partial charge >= 0.3 is 18.7 Å². The minimum Gasteiger partial charge on any atom is -0.489 e. The number of alkyl halides is 2. The molecule has 1 aliphatic carbocycles. The number of hydrogen-bond acceptors (Lipinski definition) is 11. The van der Waals surface area contributed by atoms with Gasteiger partial charge in [0.1, 0.15) is 12.6 Å². The number of hydrogen-bond donors (Lipinski definition) is 2. The van der Waals surface area contributed by atoms with E-state index in [2.05, 4.69) is 19.8 Å². The maximum atomic E-state index is 14.1. The monoisotopic (exact) mass is 624 g/mol.